The number of likely N-dealkylation sites (N-methyl/N-ethyl adjacent to an activating group) is 1. The molecule has 0 aromatic heterocycles. The summed E-state index contributed by atoms with van der Waals surface area (Å²) in [6, 6.07) is 3.18. The summed E-state index contributed by atoms with van der Waals surface area (Å²) >= 11 is 0. The number of carbonyl (C=O) groups excluding carboxylic acids is 2. The molecule has 0 bridgehead atoms. The number of carbonyl (C=O) groups is 2. The van der Waals surface area contributed by atoms with Gasteiger partial charge >= 0.3 is 5.97 Å². The number of hydrogen-bond donors (Lipinski definition) is 0. The lowest BCUT2D eigenvalue weighted by Gasteiger charge is -2.29. The second-order valence-corrected chi connectivity index (χ2v) is 8.31. The molecule has 2 rings (SSSR count). The van der Waals surface area contributed by atoms with Crippen LogP contribution >= 0.6 is 0 Å². The van der Waals surface area contributed by atoms with Crippen molar-refractivity contribution in [2.24, 2.45) is 0 Å². The summed E-state index contributed by atoms with van der Waals surface area (Å²) in [4.78, 5) is 26.1. The van der Waals surface area contributed by atoms with Gasteiger partial charge in [-0.3, -0.25) is 4.79 Å². The van der Waals surface area contributed by atoms with Crippen LogP contribution in [0.1, 0.15) is 30.6 Å². The van der Waals surface area contributed by atoms with Gasteiger partial charge in [-0.25, -0.2) is 17.6 Å². The number of benzene rings is 1. The fraction of sp³-hybridized carbons (Fsp3) is 0.529. The van der Waals surface area contributed by atoms with Gasteiger partial charge in [-0.15, -0.1) is 0 Å². The van der Waals surface area contributed by atoms with Crippen LogP contribution in [-0.4, -0.2) is 62.5 Å². The maximum Gasteiger partial charge on any atom is 0.339 e. The largest absolute Gasteiger partial charge is 0.494 e. The van der Waals surface area contributed by atoms with E-state index in [1.54, 1.807) is 6.92 Å². The lowest BCUT2D eigenvalue weighted by Crippen LogP contribution is -2.46. The number of hydrogen-bond acceptors (Lipinski definition) is 6. The van der Waals surface area contributed by atoms with Gasteiger partial charge in [0.05, 0.1) is 24.2 Å². The molecule has 1 aliphatic heterocycles. The molecule has 1 heterocycles. The van der Waals surface area contributed by atoms with Gasteiger partial charge in [-0.1, -0.05) is 0 Å². The second-order valence-electron chi connectivity index (χ2n) is 6.08. The highest BCUT2D eigenvalue weighted by Crippen LogP contribution is 2.21. The number of sulfone groups is 1. The molecule has 2 atom stereocenters. The summed E-state index contributed by atoms with van der Waals surface area (Å²) in [5, 5.41) is 0. The van der Waals surface area contributed by atoms with Crippen LogP contribution in [0.2, 0.25) is 0 Å². The van der Waals surface area contributed by atoms with Crippen LogP contribution in [0, 0.1) is 5.82 Å². The molecular weight excluding hydrogens is 365 g/mol. The third-order valence-corrected chi connectivity index (χ3v) is 6.04. The molecule has 1 aromatic carbocycles. The molecule has 1 fully saturated rings. The fourth-order valence-electron chi connectivity index (χ4n) is 2.92. The van der Waals surface area contributed by atoms with Crippen molar-refractivity contribution in [1.29, 1.82) is 0 Å². The van der Waals surface area contributed by atoms with Crippen LogP contribution in [0.25, 0.3) is 0 Å². The summed E-state index contributed by atoms with van der Waals surface area (Å²) < 4.78 is 46.9. The first-order valence-corrected chi connectivity index (χ1v) is 10.1. The van der Waals surface area contributed by atoms with Gasteiger partial charge in [0, 0.05) is 12.6 Å². The summed E-state index contributed by atoms with van der Waals surface area (Å²) in [5.41, 5.74) is -0.0468. The van der Waals surface area contributed by atoms with E-state index >= 15 is 0 Å². The zero-order valence-electron chi connectivity index (χ0n) is 14.9. The van der Waals surface area contributed by atoms with Crippen molar-refractivity contribution >= 4 is 21.7 Å². The maximum absolute atomic E-state index is 13.7. The molecule has 1 aliphatic rings. The first kappa shape index (κ1) is 20.2. The predicted molar refractivity (Wildman–Crippen MR) is 92.3 cm³/mol. The molecule has 1 amide bonds. The Kier molecular flexibility index (Phi) is 6.22. The van der Waals surface area contributed by atoms with E-state index in [1.807, 2.05) is 0 Å². The van der Waals surface area contributed by atoms with Crippen molar-refractivity contribution in [3.63, 3.8) is 0 Å². The van der Waals surface area contributed by atoms with E-state index in [9.17, 15) is 22.4 Å². The average molecular weight is 387 g/mol. The van der Waals surface area contributed by atoms with Gasteiger partial charge in [-0.2, -0.15) is 0 Å². The highest BCUT2D eigenvalue weighted by Gasteiger charge is 2.36. The Morgan fingerprint density at radius 3 is 2.58 bits per heavy atom. The summed E-state index contributed by atoms with van der Waals surface area (Å²) in [5.74, 6) is -2.09. The van der Waals surface area contributed by atoms with Crippen molar-refractivity contribution in [2.45, 2.75) is 32.4 Å². The van der Waals surface area contributed by atoms with Crippen molar-refractivity contribution < 1.29 is 31.9 Å². The van der Waals surface area contributed by atoms with Crippen LogP contribution in [0.3, 0.4) is 0 Å². The van der Waals surface area contributed by atoms with E-state index in [4.69, 9.17) is 9.47 Å². The number of rotatable bonds is 6. The van der Waals surface area contributed by atoms with Gasteiger partial charge in [0.25, 0.3) is 5.91 Å². The number of halogens is 1. The molecule has 144 valence electrons. The average Bonchev–Trinajstić information content (AvgIpc) is 2.94. The van der Waals surface area contributed by atoms with E-state index in [2.05, 4.69) is 0 Å². The lowest BCUT2D eigenvalue weighted by molar-refractivity contribution is -0.141. The highest BCUT2D eigenvalue weighted by atomic mass is 32.2. The molecule has 7 nitrogen and oxygen atoms in total. The third kappa shape index (κ3) is 4.51. The molecule has 26 heavy (non-hydrogen) atoms. The quantitative estimate of drug-likeness (QED) is 0.686. The Balaban J connectivity index is 2.05. The van der Waals surface area contributed by atoms with Crippen molar-refractivity contribution in [3.8, 4) is 5.75 Å². The van der Waals surface area contributed by atoms with Gasteiger partial charge < -0.3 is 14.4 Å². The second kappa shape index (κ2) is 8.03. The van der Waals surface area contributed by atoms with E-state index in [0.717, 1.165) is 6.07 Å². The predicted octanol–water partition coefficient (Wildman–Crippen LogP) is 1.42. The molecule has 0 unspecified atom stereocenters. The van der Waals surface area contributed by atoms with Crippen LogP contribution in [0.5, 0.6) is 5.75 Å². The van der Waals surface area contributed by atoms with Gasteiger partial charge in [-0.05, 0) is 38.5 Å². The summed E-state index contributed by atoms with van der Waals surface area (Å²) in [7, 11) is -1.84. The normalized spacial score (nSPS) is 19.6. The van der Waals surface area contributed by atoms with Crippen LogP contribution in [0.15, 0.2) is 18.2 Å². The smallest absolute Gasteiger partial charge is 0.339 e. The number of esters is 1. The SMILES string of the molecule is CCN(C(=O)[C@@H](C)OC(=O)c1ccc(OC)c(F)c1)[C@H]1CCS(=O)(=O)C1. The standard InChI is InChI=1S/C17H22FNO6S/c1-4-19(13-7-8-26(22,23)10-13)16(20)11(2)25-17(21)12-5-6-15(24-3)14(18)9-12/h5-6,9,11,13H,4,7-8,10H2,1-3H3/t11-,13+/m1/s1. The topological polar surface area (TPSA) is 90.0 Å². The lowest BCUT2D eigenvalue weighted by atomic mass is 10.2. The van der Waals surface area contributed by atoms with E-state index in [0.29, 0.717) is 13.0 Å². The zero-order chi connectivity index (χ0) is 19.5. The Labute approximate surface area is 152 Å². The van der Waals surface area contributed by atoms with E-state index in [-0.39, 0.29) is 22.8 Å². The molecule has 0 spiro atoms. The van der Waals surface area contributed by atoms with Crippen LogP contribution in [-0.2, 0) is 19.4 Å². The minimum atomic E-state index is -3.14. The number of methoxy groups -OCH3 is 1. The fourth-order valence-corrected chi connectivity index (χ4v) is 4.65. The van der Waals surface area contributed by atoms with Crippen molar-refractivity contribution in [3.05, 3.63) is 29.6 Å². The summed E-state index contributed by atoms with van der Waals surface area (Å²) in [6.07, 6.45) is -0.748. The monoisotopic (exact) mass is 387 g/mol. The Morgan fingerprint density at radius 2 is 2.08 bits per heavy atom. The zero-order valence-corrected chi connectivity index (χ0v) is 15.7. The number of amides is 1. The molecule has 9 heteroatoms. The maximum atomic E-state index is 13.7. The molecular formula is C17H22FNO6S. The molecule has 1 saturated heterocycles. The highest BCUT2D eigenvalue weighted by molar-refractivity contribution is 7.91. The first-order chi connectivity index (χ1) is 12.2. The van der Waals surface area contributed by atoms with Crippen molar-refractivity contribution in [1.82, 2.24) is 4.90 Å². The summed E-state index contributed by atoms with van der Waals surface area (Å²) in [6.45, 7) is 3.44. The first-order valence-electron chi connectivity index (χ1n) is 8.24. The van der Waals surface area contributed by atoms with Crippen LogP contribution < -0.4 is 4.74 Å². The Morgan fingerprint density at radius 1 is 1.38 bits per heavy atom. The molecule has 1 aromatic rings. The molecule has 0 N–H and O–H groups in total. The molecule has 0 saturated carbocycles. The minimum absolute atomic E-state index is 0.00900. The van der Waals surface area contributed by atoms with Gasteiger partial charge in [0.15, 0.2) is 27.5 Å². The molecule has 0 aliphatic carbocycles. The molecule has 0 radical (unpaired) electrons. The number of ether oxygens (including phenoxy) is 2. The Hall–Kier alpha value is -2.16. The van der Waals surface area contributed by atoms with E-state index < -0.39 is 39.7 Å². The van der Waals surface area contributed by atoms with Crippen LogP contribution in [0.4, 0.5) is 4.39 Å². The van der Waals surface area contributed by atoms with Gasteiger partial charge in [0.1, 0.15) is 0 Å². The van der Waals surface area contributed by atoms with Crippen molar-refractivity contribution in [2.75, 3.05) is 25.2 Å². The Bertz CT molecular complexity index is 794. The number of nitrogens with zero attached hydrogens (tertiary/aromatic N) is 1. The van der Waals surface area contributed by atoms with Gasteiger partial charge in [0.2, 0.25) is 0 Å². The minimum Gasteiger partial charge on any atom is -0.494 e. The van der Waals surface area contributed by atoms with E-state index in [1.165, 1.54) is 31.1 Å². The third-order valence-electron chi connectivity index (χ3n) is 4.29.